The van der Waals surface area contributed by atoms with E-state index in [0.29, 0.717) is 0 Å². The van der Waals surface area contributed by atoms with Crippen LogP contribution in [0.25, 0.3) is 0 Å². The molecule has 0 amide bonds. The first-order valence-electron chi connectivity index (χ1n) is 5.05. The van der Waals surface area contributed by atoms with Gasteiger partial charge in [0.2, 0.25) is 0 Å². The van der Waals surface area contributed by atoms with Crippen LogP contribution in [0.2, 0.25) is 0 Å². The van der Waals surface area contributed by atoms with Crippen LogP contribution < -0.4 is 4.74 Å². The normalized spacial score (nSPS) is 32.2. The Bertz CT molecular complexity index is 366. The van der Waals surface area contributed by atoms with Crippen LogP contribution in [-0.4, -0.2) is 6.58 Å². The van der Waals surface area contributed by atoms with Crippen molar-refractivity contribution in [2.75, 3.05) is 6.58 Å². The number of halogens is 1. The van der Waals surface area contributed by atoms with Crippen molar-refractivity contribution in [3.63, 3.8) is 0 Å². The zero-order valence-electron chi connectivity index (χ0n) is 8.80. The van der Waals surface area contributed by atoms with Crippen LogP contribution in [0.3, 0.4) is 0 Å². The van der Waals surface area contributed by atoms with E-state index in [2.05, 4.69) is 0 Å². The molecule has 0 bridgehead atoms. The second-order valence-corrected chi connectivity index (χ2v) is 3.62. The zero-order chi connectivity index (χ0) is 10.3. The fourth-order valence-electron chi connectivity index (χ4n) is 1.60. The van der Waals surface area contributed by atoms with Crippen molar-refractivity contribution < 1.29 is 10.5 Å². The lowest BCUT2D eigenvalue weighted by Crippen LogP contribution is -2.22. The molecular weight excluding hydrogens is 167 g/mol. The van der Waals surface area contributed by atoms with E-state index in [0.717, 1.165) is 12.0 Å². The van der Waals surface area contributed by atoms with Crippen LogP contribution in [0.1, 0.15) is 27.2 Å². The van der Waals surface area contributed by atoms with Gasteiger partial charge in [-0.25, -0.2) is 4.39 Å². The number of fused-ring (bicyclic) bond motifs is 1. The van der Waals surface area contributed by atoms with E-state index in [-0.39, 0.29) is 17.0 Å². The number of benzene rings is 1. The highest BCUT2D eigenvalue weighted by Crippen LogP contribution is 2.41. The molecule has 13 heavy (non-hydrogen) atoms. The molecule has 2 atom stereocenters. The fraction of sp³-hybridized carbons (Fsp3) is 0.455. The molecule has 0 spiro atoms. The average molecular weight is 181 g/mol. The first-order chi connectivity index (χ1) is 6.59. The molecule has 0 N–H and O–H groups in total. The lowest BCUT2D eigenvalue weighted by Gasteiger charge is -2.19. The van der Waals surface area contributed by atoms with Crippen molar-refractivity contribution in [2.24, 2.45) is 0 Å². The second-order valence-electron chi connectivity index (χ2n) is 3.62. The summed E-state index contributed by atoms with van der Waals surface area (Å²) in [7, 11) is 0. The van der Waals surface area contributed by atoms with E-state index < -0.39 is 6.58 Å². The van der Waals surface area contributed by atoms with Crippen LogP contribution in [-0.2, 0) is 5.41 Å². The van der Waals surface area contributed by atoms with E-state index >= 15 is 0 Å². The summed E-state index contributed by atoms with van der Waals surface area (Å²) in [4.78, 5) is 0. The van der Waals surface area contributed by atoms with Crippen LogP contribution in [0.5, 0.6) is 5.75 Å². The summed E-state index contributed by atoms with van der Waals surface area (Å²) in [6.45, 7) is 3.24. The van der Waals surface area contributed by atoms with Crippen LogP contribution in [0.15, 0.2) is 18.2 Å². The highest BCUT2D eigenvalue weighted by molar-refractivity contribution is 5.43. The predicted octanol–water partition coefficient (Wildman–Crippen LogP) is 2.89. The predicted molar refractivity (Wildman–Crippen MR) is 49.5 cm³/mol. The van der Waals surface area contributed by atoms with Gasteiger partial charge in [-0.3, -0.25) is 0 Å². The minimum atomic E-state index is -0.695. The standard InChI is InChI=1S/C11H13FO/c1-3-11(2)7-13-10-8(11)5-4-6-9(10)12/h4-6H,3,7H2,1-2H3/i7D. The zero-order valence-corrected chi connectivity index (χ0v) is 7.80. The molecule has 1 heterocycles. The van der Waals surface area contributed by atoms with Crippen molar-refractivity contribution in [3.05, 3.63) is 29.6 Å². The molecule has 1 nitrogen and oxygen atoms in total. The Morgan fingerprint density at radius 2 is 2.46 bits per heavy atom. The highest BCUT2D eigenvalue weighted by Gasteiger charge is 2.35. The maximum atomic E-state index is 13.3. The van der Waals surface area contributed by atoms with Gasteiger partial charge in [-0.2, -0.15) is 0 Å². The van der Waals surface area contributed by atoms with Crippen molar-refractivity contribution in [1.29, 1.82) is 0 Å². The first-order valence-corrected chi connectivity index (χ1v) is 4.47. The molecule has 2 rings (SSSR count). The minimum Gasteiger partial charge on any atom is -0.489 e. The molecule has 2 unspecified atom stereocenters. The SMILES string of the molecule is [2H]C1Oc2c(F)cccc2C1(C)CC. The molecule has 1 aliphatic heterocycles. The summed E-state index contributed by atoms with van der Waals surface area (Å²) in [5.41, 5.74) is 0.442. The molecule has 0 saturated carbocycles. The van der Waals surface area contributed by atoms with Gasteiger partial charge in [0.05, 0.1) is 7.95 Å². The summed E-state index contributed by atoms with van der Waals surface area (Å²) in [5, 5.41) is 0. The number of rotatable bonds is 1. The topological polar surface area (TPSA) is 9.23 Å². The Morgan fingerprint density at radius 3 is 3.15 bits per heavy atom. The van der Waals surface area contributed by atoms with Crippen molar-refractivity contribution in [3.8, 4) is 5.75 Å². The number of ether oxygens (including phenoxy) is 1. The van der Waals surface area contributed by atoms with Gasteiger partial charge in [-0.15, -0.1) is 0 Å². The van der Waals surface area contributed by atoms with Crippen LogP contribution in [0.4, 0.5) is 4.39 Å². The molecule has 1 aromatic carbocycles. The monoisotopic (exact) mass is 181 g/mol. The second kappa shape index (κ2) is 2.72. The van der Waals surface area contributed by atoms with Crippen molar-refractivity contribution in [2.45, 2.75) is 25.7 Å². The number of hydrogen-bond acceptors (Lipinski definition) is 1. The van der Waals surface area contributed by atoms with E-state index in [1.807, 2.05) is 19.9 Å². The summed E-state index contributed by atoms with van der Waals surface area (Å²) >= 11 is 0. The van der Waals surface area contributed by atoms with Gasteiger partial charge in [0.1, 0.15) is 0 Å². The quantitative estimate of drug-likeness (QED) is 0.647. The Labute approximate surface area is 78.9 Å². The summed E-state index contributed by atoms with van der Waals surface area (Å²) < 4.78 is 26.4. The molecule has 70 valence electrons. The third-order valence-corrected chi connectivity index (χ3v) is 2.75. The molecule has 2 heteroatoms. The lowest BCUT2D eigenvalue weighted by molar-refractivity contribution is 0.266. The Morgan fingerprint density at radius 1 is 1.69 bits per heavy atom. The summed E-state index contributed by atoms with van der Waals surface area (Å²) in [6, 6.07) is 4.88. The molecule has 0 saturated heterocycles. The summed E-state index contributed by atoms with van der Waals surface area (Å²) in [6.07, 6.45) is 0.775. The van der Waals surface area contributed by atoms with E-state index in [1.165, 1.54) is 6.07 Å². The van der Waals surface area contributed by atoms with E-state index in [1.54, 1.807) is 6.07 Å². The van der Waals surface area contributed by atoms with Gasteiger partial charge in [0.15, 0.2) is 11.6 Å². The van der Waals surface area contributed by atoms with Gasteiger partial charge in [0.25, 0.3) is 0 Å². The van der Waals surface area contributed by atoms with Gasteiger partial charge in [-0.05, 0) is 12.5 Å². The molecular formula is C11H13FO. The van der Waals surface area contributed by atoms with Crippen molar-refractivity contribution >= 4 is 0 Å². The van der Waals surface area contributed by atoms with Gasteiger partial charge >= 0.3 is 0 Å². The van der Waals surface area contributed by atoms with E-state index in [4.69, 9.17) is 6.11 Å². The van der Waals surface area contributed by atoms with E-state index in [9.17, 15) is 4.39 Å². The minimum absolute atomic E-state index is 0.261. The fourth-order valence-corrected chi connectivity index (χ4v) is 1.60. The van der Waals surface area contributed by atoms with Gasteiger partial charge in [0, 0.05) is 11.0 Å². The molecule has 1 aliphatic rings. The third-order valence-electron chi connectivity index (χ3n) is 2.75. The van der Waals surface area contributed by atoms with Gasteiger partial charge < -0.3 is 4.74 Å². The van der Waals surface area contributed by atoms with Crippen molar-refractivity contribution in [1.82, 2.24) is 0 Å². The number of hydrogen-bond donors (Lipinski definition) is 0. The third kappa shape index (κ3) is 1.12. The molecule has 0 aliphatic carbocycles. The average Bonchev–Trinajstić information content (AvgIpc) is 2.43. The Kier molecular flexibility index (Phi) is 1.54. The highest BCUT2D eigenvalue weighted by atomic mass is 19.1. The largest absolute Gasteiger partial charge is 0.489 e. The Balaban J connectivity index is 2.58. The summed E-state index contributed by atoms with van der Waals surface area (Å²) in [5.74, 6) is -0.103. The maximum absolute atomic E-state index is 13.3. The molecule has 0 radical (unpaired) electrons. The molecule has 0 aromatic heterocycles. The Hall–Kier alpha value is -1.05. The van der Waals surface area contributed by atoms with Crippen LogP contribution >= 0.6 is 0 Å². The van der Waals surface area contributed by atoms with Gasteiger partial charge in [-0.1, -0.05) is 26.0 Å². The maximum Gasteiger partial charge on any atom is 0.165 e. The van der Waals surface area contributed by atoms with Crippen LogP contribution in [0, 0.1) is 5.82 Å². The number of para-hydroxylation sites is 1. The smallest absolute Gasteiger partial charge is 0.165 e. The molecule has 1 aromatic rings. The first kappa shape index (κ1) is 7.36. The lowest BCUT2D eigenvalue weighted by atomic mass is 9.82. The molecule has 0 fully saturated rings.